The average Bonchev–Trinajstić information content (AvgIpc) is 3.30. The molecule has 1 saturated heterocycles. The Morgan fingerprint density at radius 2 is 1.97 bits per heavy atom. The lowest BCUT2D eigenvalue weighted by atomic mass is 10.0. The molecule has 0 radical (unpaired) electrons. The summed E-state index contributed by atoms with van der Waals surface area (Å²) < 4.78 is 10.6. The Morgan fingerprint density at radius 1 is 1.16 bits per heavy atom. The Labute approximate surface area is 182 Å². The number of hydrogen-bond acceptors (Lipinski definition) is 5. The van der Waals surface area contributed by atoms with Crippen LogP contribution in [0.25, 0.3) is 11.3 Å². The molecule has 31 heavy (non-hydrogen) atoms. The summed E-state index contributed by atoms with van der Waals surface area (Å²) in [5, 5.41) is 10.8. The second kappa shape index (κ2) is 9.55. The molecule has 2 N–H and O–H groups in total. The number of hydrogen-bond donors (Lipinski definition) is 2. The number of nitrogens with zero attached hydrogens (tertiary/aromatic N) is 2. The molecule has 1 atom stereocenters. The van der Waals surface area contributed by atoms with E-state index in [-0.39, 0.29) is 11.9 Å². The summed E-state index contributed by atoms with van der Waals surface area (Å²) in [6.45, 7) is 1.66. The number of anilines is 1. The van der Waals surface area contributed by atoms with Crippen LogP contribution in [0, 0.1) is 0 Å². The van der Waals surface area contributed by atoms with Crippen LogP contribution in [0.1, 0.15) is 18.4 Å². The maximum atomic E-state index is 12.6. The van der Waals surface area contributed by atoms with Gasteiger partial charge in [0.25, 0.3) is 0 Å². The second-order valence-electron chi connectivity index (χ2n) is 7.71. The van der Waals surface area contributed by atoms with E-state index in [9.17, 15) is 4.79 Å². The maximum absolute atomic E-state index is 12.6. The van der Waals surface area contributed by atoms with Crippen molar-refractivity contribution in [3.8, 4) is 22.8 Å². The van der Waals surface area contributed by atoms with Crippen molar-refractivity contribution >= 4 is 11.7 Å². The molecule has 162 valence electrons. The van der Waals surface area contributed by atoms with Gasteiger partial charge in [-0.25, -0.2) is 0 Å². The van der Waals surface area contributed by atoms with Crippen LogP contribution in [0.4, 0.5) is 5.82 Å². The highest BCUT2D eigenvalue weighted by Crippen LogP contribution is 2.26. The standard InChI is InChI=1S/C24H28N4O3/c1-30-20-11-9-17(10-12-20)21-15-23(27-26-21)28-13-5-7-19(16-28)25-24(29)14-18-6-3-4-8-22(18)31-2/h3-4,6,8-12,15,19H,5,7,13-14,16H2,1-2H3,(H,25,29)(H,26,27)/t19-/m1/s1. The Hall–Kier alpha value is -3.48. The van der Waals surface area contributed by atoms with Crippen LogP contribution in [-0.2, 0) is 11.2 Å². The topological polar surface area (TPSA) is 79.5 Å². The molecule has 1 aliphatic heterocycles. The van der Waals surface area contributed by atoms with Gasteiger partial charge in [0.15, 0.2) is 5.82 Å². The predicted octanol–water partition coefficient (Wildman–Crippen LogP) is 3.42. The minimum atomic E-state index is 0.0114. The first-order valence-electron chi connectivity index (χ1n) is 10.5. The smallest absolute Gasteiger partial charge is 0.224 e. The number of ether oxygens (including phenoxy) is 2. The number of rotatable bonds is 7. The fraction of sp³-hybridized carbons (Fsp3) is 0.333. The molecule has 2 heterocycles. The SMILES string of the molecule is COc1ccc(-c2cc(N3CCC[C@@H](NC(=O)Cc4ccccc4OC)C3)n[nH]2)cc1. The van der Waals surface area contributed by atoms with Gasteiger partial charge in [-0.05, 0) is 48.7 Å². The van der Waals surface area contributed by atoms with Gasteiger partial charge in [0, 0.05) is 30.8 Å². The van der Waals surface area contributed by atoms with E-state index in [0.29, 0.717) is 6.42 Å². The van der Waals surface area contributed by atoms with Gasteiger partial charge in [0.2, 0.25) is 5.91 Å². The van der Waals surface area contributed by atoms with Gasteiger partial charge in [-0.15, -0.1) is 0 Å². The van der Waals surface area contributed by atoms with Crippen molar-refractivity contribution in [2.75, 3.05) is 32.2 Å². The molecule has 0 spiro atoms. The molecule has 0 saturated carbocycles. The third-order valence-electron chi connectivity index (χ3n) is 5.62. The number of para-hydroxylation sites is 1. The quantitative estimate of drug-likeness (QED) is 0.612. The molecule has 1 fully saturated rings. The van der Waals surface area contributed by atoms with Crippen molar-refractivity contribution in [1.82, 2.24) is 15.5 Å². The van der Waals surface area contributed by atoms with E-state index in [1.54, 1.807) is 14.2 Å². The number of benzene rings is 2. The lowest BCUT2D eigenvalue weighted by Gasteiger charge is -2.33. The molecule has 7 nitrogen and oxygen atoms in total. The molecule has 0 aliphatic carbocycles. The first-order valence-corrected chi connectivity index (χ1v) is 10.5. The van der Waals surface area contributed by atoms with Gasteiger partial charge in [-0.2, -0.15) is 5.10 Å². The zero-order valence-corrected chi connectivity index (χ0v) is 17.9. The van der Waals surface area contributed by atoms with Gasteiger partial charge in [-0.1, -0.05) is 18.2 Å². The van der Waals surface area contributed by atoms with Crippen LogP contribution < -0.4 is 19.7 Å². The summed E-state index contributed by atoms with van der Waals surface area (Å²) >= 11 is 0. The summed E-state index contributed by atoms with van der Waals surface area (Å²) in [6.07, 6.45) is 2.28. The Kier molecular flexibility index (Phi) is 6.40. The zero-order chi connectivity index (χ0) is 21.6. The third kappa shape index (κ3) is 4.99. The van der Waals surface area contributed by atoms with E-state index in [1.807, 2.05) is 48.5 Å². The van der Waals surface area contributed by atoms with Crippen LogP contribution in [-0.4, -0.2) is 49.5 Å². The van der Waals surface area contributed by atoms with Gasteiger partial charge in [-0.3, -0.25) is 9.89 Å². The largest absolute Gasteiger partial charge is 0.497 e. The maximum Gasteiger partial charge on any atom is 0.224 e. The fourth-order valence-corrected chi connectivity index (χ4v) is 4.00. The molecule has 3 aromatic rings. The summed E-state index contributed by atoms with van der Waals surface area (Å²) in [5.74, 6) is 2.48. The normalized spacial score (nSPS) is 16.1. The van der Waals surface area contributed by atoms with E-state index >= 15 is 0 Å². The van der Waals surface area contributed by atoms with Crippen LogP contribution >= 0.6 is 0 Å². The van der Waals surface area contributed by atoms with E-state index in [0.717, 1.165) is 60.1 Å². The highest BCUT2D eigenvalue weighted by atomic mass is 16.5. The summed E-state index contributed by atoms with van der Waals surface area (Å²) in [7, 11) is 3.28. The van der Waals surface area contributed by atoms with Gasteiger partial charge >= 0.3 is 0 Å². The number of methoxy groups -OCH3 is 2. The van der Waals surface area contributed by atoms with E-state index in [4.69, 9.17) is 9.47 Å². The molecule has 1 aromatic heterocycles. The molecule has 0 unspecified atom stereocenters. The van der Waals surface area contributed by atoms with Crippen molar-refractivity contribution in [2.45, 2.75) is 25.3 Å². The number of aromatic amines is 1. The summed E-state index contributed by atoms with van der Waals surface area (Å²) in [5.41, 5.74) is 2.91. The fourth-order valence-electron chi connectivity index (χ4n) is 4.00. The zero-order valence-electron chi connectivity index (χ0n) is 17.9. The predicted molar refractivity (Wildman–Crippen MR) is 121 cm³/mol. The Balaban J connectivity index is 1.37. The monoisotopic (exact) mass is 420 g/mol. The molecule has 4 rings (SSSR count). The second-order valence-corrected chi connectivity index (χ2v) is 7.71. The van der Waals surface area contributed by atoms with Crippen LogP contribution in [0.15, 0.2) is 54.6 Å². The molecular weight excluding hydrogens is 392 g/mol. The van der Waals surface area contributed by atoms with E-state index < -0.39 is 0 Å². The van der Waals surface area contributed by atoms with Gasteiger partial charge < -0.3 is 19.7 Å². The number of aromatic nitrogens is 2. The lowest BCUT2D eigenvalue weighted by molar-refractivity contribution is -0.121. The molecule has 1 aliphatic rings. The number of H-pyrrole nitrogens is 1. The number of carbonyl (C=O) groups is 1. The molecular formula is C24H28N4O3. The first-order chi connectivity index (χ1) is 15.2. The Bertz CT molecular complexity index is 1020. The first kappa shape index (κ1) is 20.8. The van der Waals surface area contributed by atoms with Crippen LogP contribution in [0.2, 0.25) is 0 Å². The number of carbonyl (C=O) groups excluding carboxylic acids is 1. The van der Waals surface area contributed by atoms with E-state index in [2.05, 4.69) is 26.5 Å². The lowest BCUT2D eigenvalue weighted by Crippen LogP contribution is -2.48. The van der Waals surface area contributed by atoms with Gasteiger partial charge in [0.1, 0.15) is 11.5 Å². The summed E-state index contributed by atoms with van der Waals surface area (Å²) in [4.78, 5) is 14.8. The van der Waals surface area contributed by atoms with Crippen molar-refractivity contribution in [3.05, 3.63) is 60.2 Å². The highest BCUT2D eigenvalue weighted by molar-refractivity contribution is 5.79. The third-order valence-corrected chi connectivity index (χ3v) is 5.62. The van der Waals surface area contributed by atoms with Crippen molar-refractivity contribution in [1.29, 1.82) is 0 Å². The number of piperidine rings is 1. The minimum Gasteiger partial charge on any atom is -0.497 e. The van der Waals surface area contributed by atoms with Crippen molar-refractivity contribution in [2.24, 2.45) is 0 Å². The van der Waals surface area contributed by atoms with Crippen molar-refractivity contribution in [3.63, 3.8) is 0 Å². The molecule has 1 amide bonds. The minimum absolute atomic E-state index is 0.0114. The van der Waals surface area contributed by atoms with Gasteiger partial charge in [0.05, 0.1) is 26.3 Å². The molecule has 2 aromatic carbocycles. The van der Waals surface area contributed by atoms with Crippen molar-refractivity contribution < 1.29 is 14.3 Å². The Morgan fingerprint density at radius 3 is 2.74 bits per heavy atom. The van der Waals surface area contributed by atoms with Crippen LogP contribution in [0.5, 0.6) is 11.5 Å². The molecule has 0 bridgehead atoms. The highest BCUT2D eigenvalue weighted by Gasteiger charge is 2.23. The summed E-state index contributed by atoms with van der Waals surface area (Å²) in [6, 6.07) is 17.7. The van der Waals surface area contributed by atoms with Crippen LogP contribution in [0.3, 0.4) is 0 Å². The average molecular weight is 421 g/mol. The number of nitrogens with one attached hydrogen (secondary N) is 2. The van der Waals surface area contributed by atoms with E-state index in [1.165, 1.54) is 0 Å². The molecule has 7 heteroatoms. The number of amides is 1.